The van der Waals surface area contributed by atoms with Crippen LogP contribution in [-0.4, -0.2) is 19.1 Å². The van der Waals surface area contributed by atoms with E-state index in [1.807, 2.05) is 13.8 Å². The van der Waals surface area contributed by atoms with E-state index in [2.05, 4.69) is 0 Å². The third kappa shape index (κ3) is 1.85. The summed E-state index contributed by atoms with van der Waals surface area (Å²) in [4.78, 5) is 11.6. The summed E-state index contributed by atoms with van der Waals surface area (Å²) in [5, 5.41) is 0. The summed E-state index contributed by atoms with van der Waals surface area (Å²) in [6.07, 6.45) is 3.46. The second-order valence-electron chi connectivity index (χ2n) is 3.97. The van der Waals surface area contributed by atoms with Crippen molar-refractivity contribution in [1.29, 1.82) is 0 Å². The lowest BCUT2D eigenvalue weighted by molar-refractivity contribution is -0.159. The first kappa shape index (κ1) is 10.5. The van der Waals surface area contributed by atoms with Gasteiger partial charge >= 0.3 is 5.97 Å². The van der Waals surface area contributed by atoms with Gasteiger partial charge in [0.25, 0.3) is 0 Å². The fraction of sp³-hybridized carbons (Fsp3) is 0.900. The van der Waals surface area contributed by atoms with Crippen molar-refractivity contribution in [2.75, 3.05) is 13.2 Å². The Balaban J connectivity index is 2.61. The molecule has 13 heavy (non-hydrogen) atoms. The van der Waals surface area contributed by atoms with E-state index in [1.165, 1.54) is 6.42 Å². The summed E-state index contributed by atoms with van der Waals surface area (Å²) >= 11 is 0. The smallest absolute Gasteiger partial charge is 0.313 e. The zero-order chi connectivity index (χ0) is 9.90. The fourth-order valence-corrected chi connectivity index (χ4v) is 1.76. The van der Waals surface area contributed by atoms with Crippen molar-refractivity contribution in [2.24, 2.45) is 17.1 Å². The summed E-state index contributed by atoms with van der Waals surface area (Å²) in [6.45, 7) is 4.60. The second-order valence-corrected chi connectivity index (χ2v) is 3.97. The lowest BCUT2D eigenvalue weighted by Crippen LogP contribution is -2.46. The van der Waals surface area contributed by atoms with Crippen LogP contribution in [0.25, 0.3) is 0 Å². The Morgan fingerprint density at radius 2 is 2.23 bits per heavy atom. The summed E-state index contributed by atoms with van der Waals surface area (Å²) in [6, 6.07) is 0. The first-order valence-corrected chi connectivity index (χ1v) is 5.02. The number of ether oxygens (including phenoxy) is 1. The van der Waals surface area contributed by atoms with E-state index in [9.17, 15) is 4.79 Å². The van der Waals surface area contributed by atoms with Crippen LogP contribution in [0.5, 0.6) is 0 Å². The molecule has 0 spiro atoms. The maximum atomic E-state index is 11.6. The Morgan fingerprint density at radius 1 is 1.62 bits per heavy atom. The zero-order valence-corrected chi connectivity index (χ0v) is 8.51. The van der Waals surface area contributed by atoms with Crippen LogP contribution < -0.4 is 5.73 Å². The minimum atomic E-state index is -0.436. The minimum Gasteiger partial charge on any atom is -0.466 e. The molecule has 1 atom stereocenters. The van der Waals surface area contributed by atoms with Crippen molar-refractivity contribution in [3.8, 4) is 0 Å². The SMILES string of the molecule is CCOC(=O)C(C)(CN)C1CCC1. The van der Waals surface area contributed by atoms with Crippen molar-refractivity contribution < 1.29 is 9.53 Å². The number of hydrogen-bond acceptors (Lipinski definition) is 3. The van der Waals surface area contributed by atoms with Crippen LogP contribution >= 0.6 is 0 Å². The van der Waals surface area contributed by atoms with E-state index in [-0.39, 0.29) is 5.97 Å². The highest BCUT2D eigenvalue weighted by Gasteiger charge is 2.43. The van der Waals surface area contributed by atoms with Crippen LogP contribution in [0.2, 0.25) is 0 Å². The highest BCUT2D eigenvalue weighted by atomic mass is 16.5. The fourth-order valence-electron chi connectivity index (χ4n) is 1.76. The first-order valence-electron chi connectivity index (χ1n) is 5.02. The summed E-state index contributed by atoms with van der Waals surface area (Å²) < 4.78 is 5.04. The van der Waals surface area contributed by atoms with Crippen LogP contribution in [0.1, 0.15) is 33.1 Å². The molecule has 1 aliphatic carbocycles. The molecule has 0 aromatic carbocycles. The monoisotopic (exact) mass is 185 g/mol. The van der Waals surface area contributed by atoms with Gasteiger partial charge in [-0.1, -0.05) is 6.42 Å². The van der Waals surface area contributed by atoms with Crippen LogP contribution in [0, 0.1) is 11.3 Å². The topological polar surface area (TPSA) is 52.3 Å². The van der Waals surface area contributed by atoms with Crippen molar-refractivity contribution in [3.63, 3.8) is 0 Å². The van der Waals surface area contributed by atoms with Crippen molar-refractivity contribution in [2.45, 2.75) is 33.1 Å². The molecule has 3 heteroatoms. The molecular weight excluding hydrogens is 166 g/mol. The van der Waals surface area contributed by atoms with Gasteiger partial charge < -0.3 is 10.5 Å². The Morgan fingerprint density at radius 3 is 2.54 bits per heavy atom. The third-order valence-electron chi connectivity index (χ3n) is 3.17. The maximum absolute atomic E-state index is 11.6. The van der Waals surface area contributed by atoms with E-state index in [0.717, 1.165) is 12.8 Å². The maximum Gasteiger partial charge on any atom is 0.313 e. The van der Waals surface area contributed by atoms with Crippen LogP contribution in [-0.2, 0) is 9.53 Å². The molecule has 0 saturated heterocycles. The van der Waals surface area contributed by atoms with Crippen LogP contribution in [0.15, 0.2) is 0 Å². The number of esters is 1. The largest absolute Gasteiger partial charge is 0.466 e. The van der Waals surface area contributed by atoms with E-state index < -0.39 is 5.41 Å². The molecule has 1 aliphatic rings. The highest BCUT2D eigenvalue weighted by Crippen LogP contribution is 2.42. The van der Waals surface area contributed by atoms with Crippen molar-refractivity contribution in [3.05, 3.63) is 0 Å². The van der Waals surface area contributed by atoms with Crippen molar-refractivity contribution >= 4 is 5.97 Å². The molecule has 2 N–H and O–H groups in total. The molecule has 0 heterocycles. The van der Waals surface area contributed by atoms with Gasteiger partial charge in [-0.25, -0.2) is 0 Å². The molecular formula is C10H19NO2. The average molecular weight is 185 g/mol. The molecule has 1 rings (SSSR count). The molecule has 0 aliphatic heterocycles. The third-order valence-corrected chi connectivity index (χ3v) is 3.17. The second kappa shape index (κ2) is 4.09. The molecule has 1 saturated carbocycles. The quantitative estimate of drug-likeness (QED) is 0.672. The zero-order valence-electron chi connectivity index (χ0n) is 8.51. The van der Waals surface area contributed by atoms with Gasteiger partial charge in [0.1, 0.15) is 0 Å². The Bertz CT molecular complexity index is 189. The average Bonchev–Trinajstić information content (AvgIpc) is 2.01. The van der Waals surface area contributed by atoms with Gasteiger partial charge in [0.2, 0.25) is 0 Å². The van der Waals surface area contributed by atoms with Gasteiger partial charge in [-0.2, -0.15) is 0 Å². The molecule has 0 aromatic heterocycles. The minimum absolute atomic E-state index is 0.123. The lowest BCUT2D eigenvalue weighted by atomic mass is 9.66. The summed E-state index contributed by atoms with van der Waals surface area (Å²) in [7, 11) is 0. The predicted molar refractivity (Wildman–Crippen MR) is 51.1 cm³/mol. The van der Waals surface area contributed by atoms with Gasteiger partial charge in [-0.3, -0.25) is 4.79 Å². The lowest BCUT2D eigenvalue weighted by Gasteiger charge is -2.39. The van der Waals surface area contributed by atoms with Gasteiger partial charge in [0, 0.05) is 6.54 Å². The molecule has 76 valence electrons. The van der Waals surface area contributed by atoms with Crippen LogP contribution in [0.3, 0.4) is 0 Å². The molecule has 1 unspecified atom stereocenters. The van der Waals surface area contributed by atoms with Crippen molar-refractivity contribution in [1.82, 2.24) is 0 Å². The summed E-state index contributed by atoms with van der Waals surface area (Å²) in [5.41, 5.74) is 5.21. The van der Waals surface area contributed by atoms with E-state index in [4.69, 9.17) is 10.5 Å². The molecule has 1 fully saturated rings. The standard InChI is InChI=1S/C10H19NO2/c1-3-13-9(12)10(2,7-11)8-5-4-6-8/h8H,3-7,11H2,1-2H3. The Kier molecular flexibility index (Phi) is 3.31. The summed E-state index contributed by atoms with van der Waals surface area (Å²) in [5.74, 6) is 0.318. The molecule has 3 nitrogen and oxygen atoms in total. The number of rotatable bonds is 4. The first-order chi connectivity index (χ1) is 6.15. The number of carbonyl (C=O) groups excluding carboxylic acids is 1. The number of carbonyl (C=O) groups is 1. The molecule has 0 amide bonds. The van der Waals surface area contributed by atoms with Crippen LogP contribution in [0.4, 0.5) is 0 Å². The van der Waals surface area contributed by atoms with E-state index in [1.54, 1.807) is 0 Å². The molecule has 0 bridgehead atoms. The van der Waals surface area contributed by atoms with Gasteiger partial charge in [-0.05, 0) is 32.6 Å². The number of hydrogen-bond donors (Lipinski definition) is 1. The van der Waals surface area contributed by atoms with E-state index in [0.29, 0.717) is 19.1 Å². The normalized spacial score (nSPS) is 21.8. The highest BCUT2D eigenvalue weighted by molar-refractivity contribution is 5.77. The number of nitrogens with two attached hydrogens (primary N) is 1. The Hall–Kier alpha value is -0.570. The van der Waals surface area contributed by atoms with Gasteiger partial charge in [-0.15, -0.1) is 0 Å². The van der Waals surface area contributed by atoms with Gasteiger partial charge in [0.15, 0.2) is 0 Å². The van der Waals surface area contributed by atoms with Gasteiger partial charge in [0.05, 0.1) is 12.0 Å². The molecule has 0 radical (unpaired) electrons. The Labute approximate surface area is 79.6 Å². The molecule has 0 aromatic rings. The van der Waals surface area contributed by atoms with E-state index >= 15 is 0 Å². The predicted octanol–water partition coefficient (Wildman–Crippen LogP) is 1.31.